The van der Waals surface area contributed by atoms with Gasteiger partial charge in [0.05, 0.1) is 6.07 Å². The summed E-state index contributed by atoms with van der Waals surface area (Å²) in [5, 5.41) is 8.14. The van der Waals surface area contributed by atoms with Crippen molar-refractivity contribution in [3.63, 3.8) is 0 Å². The minimum absolute atomic E-state index is 0.122. The van der Waals surface area contributed by atoms with Crippen LogP contribution in [0.3, 0.4) is 0 Å². The van der Waals surface area contributed by atoms with Crippen molar-refractivity contribution in [1.82, 2.24) is 0 Å². The first kappa shape index (κ1) is 8.76. The predicted octanol–water partition coefficient (Wildman–Crippen LogP) is -0.0463. The highest BCUT2D eigenvalue weighted by atomic mass is 15.0. The number of aliphatic imine (C=N–C) groups is 1. The Morgan fingerprint density at radius 1 is 1.40 bits per heavy atom. The molecule has 0 aromatic rings. The van der Waals surface area contributed by atoms with Crippen LogP contribution in [0.5, 0.6) is 0 Å². The number of rotatable bonds is 4. The van der Waals surface area contributed by atoms with Crippen molar-refractivity contribution in [1.29, 1.82) is 5.26 Å². The summed E-state index contributed by atoms with van der Waals surface area (Å²) in [6, 6.07) is 2.04. The van der Waals surface area contributed by atoms with E-state index < -0.39 is 0 Å². The Labute approximate surface area is 60.5 Å². The molecule has 0 aromatic carbocycles. The second kappa shape index (κ2) is 5.89. The molecule has 0 radical (unpaired) electrons. The Bertz CT molecular complexity index is 140. The van der Waals surface area contributed by atoms with Gasteiger partial charge in [0.15, 0.2) is 5.96 Å². The Kier molecular flexibility index (Phi) is 5.16. The van der Waals surface area contributed by atoms with Crippen LogP contribution in [0.2, 0.25) is 0 Å². The molecule has 0 aliphatic carbocycles. The highest BCUT2D eigenvalue weighted by molar-refractivity contribution is 5.75. The zero-order chi connectivity index (χ0) is 7.82. The predicted molar refractivity (Wildman–Crippen MR) is 40.1 cm³/mol. The zero-order valence-corrected chi connectivity index (χ0v) is 5.88. The minimum Gasteiger partial charge on any atom is -0.370 e. The van der Waals surface area contributed by atoms with Crippen molar-refractivity contribution >= 4 is 5.96 Å². The van der Waals surface area contributed by atoms with Crippen molar-refractivity contribution in [3.8, 4) is 6.07 Å². The standard InChI is InChI=1S/C6H12N4/c7-4-2-1-3-5-10-6(8)9/h1-3,5H2,(H4,8,9,10). The van der Waals surface area contributed by atoms with Crippen molar-refractivity contribution in [2.45, 2.75) is 19.3 Å². The lowest BCUT2D eigenvalue weighted by Gasteiger charge is -1.91. The Balaban J connectivity index is 3.07. The van der Waals surface area contributed by atoms with Gasteiger partial charge in [0, 0.05) is 13.0 Å². The molecule has 0 fully saturated rings. The summed E-state index contributed by atoms with van der Waals surface area (Å²) in [5.41, 5.74) is 10.1. The van der Waals surface area contributed by atoms with E-state index in [0.29, 0.717) is 13.0 Å². The van der Waals surface area contributed by atoms with Gasteiger partial charge >= 0.3 is 0 Å². The summed E-state index contributed by atoms with van der Waals surface area (Å²) < 4.78 is 0. The van der Waals surface area contributed by atoms with Crippen molar-refractivity contribution in [2.75, 3.05) is 6.54 Å². The van der Waals surface area contributed by atoms with E-state index in [4.69, 9.17) is 16.7 Å². The van der Waals surface area contributed by atoms with Crippen molar-refractivity contribution in [3.05, 3.63) is 0 Å². The maximum Gasteiger partial charge on any atom is 0.185 e. The van der Waals surface area contributed by atoms with Crippen molar-refractivity contribution < 1.29 is 0 Å². The number of hydrogen-bond donors (Lipinski definition) is 2. The Hall–Kier alpha value is -1.24. The quantitative estimate of drug-likeness (QED) is 0.326. The fourth-order valence-corrected chi connectivity index (χ4v) is 0.524. The highest BCUT2D eigenvalue weighted by Crippen LogP contribution is 1.92. The molecule has 0 spiro atoms. The van der Waals surface area contributed by atoms with E-state index in [1.54, 1.807) is 0 Å². The fourth-order valence-electron chi connectivity index (χ4n) is 0.524. The maximum absolute atomic E-state index is 8.14. The van der Waals surface area contributed by atoms with E-state index in [2.05, 4.69) is 4.99 Å². The van der Waals surface area contributed by atoms with Gasteiger partial charge in [-0.25, -0.2) is 0 Å². The van der Waals surface area contributed by atoms with E-state index in [0.717, 1.165) is 12.8 Å². The van der Waals surface area contributed by atoms with E-state index >= 15 is 0 Å². The van der Waals surface area contributed by atoms with Crippen LogP contribution in [0.1, 0.15) is 19.3 Å². The Morgan fingerprint density at radius 2 is 2.10 bits per heavy atom. The van der Waals surface area contributed by atoms with Crippen LogP contribution >= 0.6 is 0 Å². The van der Waals surface area contributed by atoms with Crippen LogP contribution < -0.4 is 11.5 Å². The number of nitriles is 1. The molecule has 0 saturated carbocycles. The van der Waals surface area contributed by atoms with Crippen LogP contribution in [0.25, 0.3) is 0 Å². The molecule has 0 amide bonds. The SMILES string of the molecule is N#CCCCCN=C(N)N. The largest absolute Gasteiger partial charge is 0.370 e. The lowest BCUT2D eigenvalue weighted by Crippen LogP contribution is -2.22. The molecule has 0 aliphatic heterocycles. The number of nitrogens with zero attached hydrogens (tertiary/aromatic N) is 2. The van der Waals surface area contributed by atoms with E-state index in [-0.39, 0.29) is 5.96 Å². The summed E-state index contributed by atoms with van der Waals surface area (Å²) in [5.74, 6) is 0.122. The lowest BCUT2D eigenvalue weighted by molar-refractivity contribution is 0.763. The third-order valence-corrected chi connectivity index (χ3v) is 0.991. The first-order valence-electron chi connectivity index (χ1n) is 3.19. The molecule has 0 unspecified atom stereocenters. The number of nitrogens with two attached hydrogens (primary N) is 2. The zero-order valence-electron chi connectivity index (χ0n) is 5.88. The maximum atomic E-state index is 8.14. The molecular weight excluding hydrogens is 128 g/mol. The number of hydrogen-bond acceptors (Lipinski definition) is 2. The molecular formula is C6H12N4. The van der Waals surface area contributed by atoms with Gasteiger partial charge in [-0.1, -0.05) is 0 Å². The average molecular weight is 140 g/mol. The van der Waals surface area contributed by atoms with E-state index in [1.165, 1.54) is 0 Å². The van der Waals surface area contributed by atoms with Gasteiger partial charge in [-0.05, 0) is 12.8 Å². The number of unbranched alkanes of at least 4 members (excludes halogenated alkanes) is 2. The van der Waals surface area contributed by atoms with Gasteiger partial charge < -0.3 is 11.5 Å². The molecule has 0 atom stereocenters. The molecule has 0 rings (SSSR count). The van der Waals surface area contributed by atoms with Gasteiger partial charge in [0.1, 0.15) is 0 Å². The molecule has 0 saturated heterocycles. The summed E-state index contributed by atoms with van der Waals surface area (Å²) >= 11 is 0. The van der Waals surface area contributed by atoms with Crippen molar-refractivity contribution in [2.24, 2.45) is 16.5 Å². The van der Waals surface area contributed by atoms with Crippen LogP contribution in [0.4, 0.5) is 0 Å². The van der Waals surface area contributed by atoms with Gasteiger partial charge in [-0.3, -0.25) is 4.99 Å². The molecule has 0 bridgehead atoms. The molecule has 0 aromatic heterocycles. The smallest absolute Gasteiger partial charge is 0.185 e. The first-order chi connectivity index (χ1) is 4.77. The van der Waals surface area contributed by atoms with Gasteiger partial charge in [-0.2, -0.15) is 5.26 Å². The molecule has 10 heavy (non-hydrogen) atoms. The van der Waals surface area contributed by atoms with Gasteiger partial charge in [0.2, 0.25) is 0 Å². The van der Waals surface area contributed by atoms with Crippen LogP contribution in [-0.2, 0) is 0 Å². The average Bonchev–Trinajstić information content (AvgIpc) is 1.87. The van der Waals surface area contributed by atoms with Gasteiger partial charge in [0.25, 0.3) is 0 Å². The van der Waals surface area contributed by atoms with Crippen LogP contribution in [0, 0.1) is 11.3 Å². The summed E-state index contributed by atoms with van der Waals surface area (Å²) in [6.07, 6.45) is 2.33. The summed E-state index contributed by atoms with van der Waals surface area (Å²) in [6.45, 7) is 0.629. The van der Waals surface area contributed by atoms with Crippen LogP contribution in [-0.4, -0.2) is 12.5 Å². The Morgan fingerprint density at radius 3 is 2.60 bits per heavy atom. The lowest BCUT2D eigenvalue weighted by atomic mass is 10.2. The van der Waals surface area contributed by atoms with E-state index in [9.17, 15) is 0 Å². The number of guanidine groups is 1. The second-order valence-electron chi connectivity index (χ2n) is 1.92. The fraction of sp³-hybridized carbons (Fsp3) is 0.667. The summed E-state index contributed by atoms with van der Waals surface area (Å²) in [7, 11) is 0. The molecule has 0 heterocycles. The normalized spacial score (nSPS) is 8.30. The van der Waals surface area contributed by atoms with Gasteiger partial charge in [-0.15, -0.1) is 0 Å². The molecule has 4 N–H and O–H groups in total. The third-order valence-electron chi connectivity index (χ3n) is 0.991. The molecule has 0 aliphatic rings. The topological polar surface area (TPSA) is 88.2 Å². The summed E-state index contributed by atoms with van der Waals surface area (Å²) in [4.78, 5) is 3.76. The monoisotopic (exact) mass is 140 g/mol. The first-order valence-corrected chi connectivity index (χ1v) is 3.19. The third kappa shape index (κ3) is 6.76. The molecule has 4 heteroatoms. The van der Waals surface area contributed by atoms with E-state index in [1.807, 2.05) is 6.07 Å². The molecule has 4 nitrogen and oxygen atoms in total. The van der Waals surface area contributed by atoms with Crippen LogP contribution in [0.15, 0.2) is 4.99 Å². The highest BCUT2D eigenvalue weighted by Gasteiger charge is 1.85. The molecule has 56 valence electrons. The second-order valence-corrected chi connectivity index (χ2v) is 1.92. The minimum atomic E-state index is 0.122.